The van der Waals surface area contributed by atoms with E-state index in [-0.39, 0.29) is 24.6 Å². The van der Waals surface area contributed by atoms with E-state index in [1.54, 1.807) is 4.90 Å². The quantitative estimate of drug-likeness (QED) is 0.595. The average molecular weight is 417 g/mol. The fourth-order valence-electron chi connectivity index (χ4n) is 3.07. The first-order valence-electron chi connectivity index (χ1n) is 8.46. The van der Waals surface area contributed by atoms with Crippen molar-refractivity contribution in [2.24, 2.45) is 0 Å². The van der Waals surface area contributed by atoms with E-state index in [9.17, 15) is 26.3 Å². The summed E-state index contributed by atoms with van der Waals surface area (Å²) >= 11 is 0. The van der Waals surface area contributed by atoms with Crippen LogP contribution in [0.1, 0.15) is 23.1 Å². The smallest absolute Gasteiger partial charge is 0.370 e. The summed E-state index contributed by atoms with van der Waals surface area (Å²) in [6.07, 6.45) is -9.70. The van der Waals surface area contributed by atoms with Crippen LogP contribution in [-0.4, -0.2) is 39.5 Å². The minimum absolute atomic E-state index is 0.0476. The van der Waals surface area contributed by atoms with Gasteiger partial charge in [0.1, 0.15) is 11.9 Å². The van der Waals surface area contributed by atoms with Gasteiger partial charge in [0.05, 0.1) is 12.2 Å². The SMILES string of the molecule is FC(F)(F)c1ccc(C2CN(c3ccc4nnc(C(F)(F)F)n4n3)CCO2)cc1. The van der Waals surface area contributed by atoms with Crippen LogP contribution in [0.3, 0.4) is 0 Å². The van der Waals surface area contributed by atoms with Gasteiger partial charge in [0.15, 0.2) is 5.65 Å². The highest BCUT2D eigenvalue weighted by Crippen LogP contribution is 2.32. The van der Waals surface area contributed by atoms with Gasteiger partial charge in [-0.1, -0.05) is 12.1 Å². The lowest BCUT2D eigenvalue weighted by Gasteiger charge is -2.34. The first kappa shape index (κ1) is 19.4. The van der Waals surface area contributed by atoms with Crippen molar-refractivity contribution in [3.8, 4) is 0 Å². The first-order valence-corrected chi connectivity index (χ1v) is 8.46. The van der Waals surface area contributed by atoms with Crippen LogP contribution >= 0.6 is 0 Å². The predicted octanol–water partition coefficient (Wildman–Crippen LogP) is 3.74. The fraction of sp³-hybridized carbons (Fsp3) is 0.353. The number of aromatic nitrogens is 4. The zero-order valence-electron chi connectivity index (χ0n) is 14.6. The molecule has 1 unspecified atom stereocenters. The molecular formula is C17H13F6N5O. The largest absolute Gasteiger partial charge is 0.453 e. The third-order valence-corrected chi connectivity index (χ3v) is 4.50. The molecule has 3 heterocycles. The van der Waals surface area contributed by atoms with E-state index < -0.39 is 29.8 Å². The number of benzene rings is 1. The first-order chi connectivity index (χ1) is 13.6. The molecule has 2 aromatic heterocycles. The van der Waals surface area contributed by atoms with Crippen molar-refractivity contribution in [1.29, 1.82) is 0 Å². The molecule has 0 aliphatic carbocycles. The summed E-state index contributed by atoms with van der Waals surface area (Å²) < 4.78 is 83.6. The normalized spacial score (nSPS) is 18.4. The molecule has 1 aliphatic heterocycles. The minimum Gasteiger partial charge on any atom is -0.370 e. The molecule has 0 spiro atoms. The molecule has 1 aromatic carbocycles. The van der Waals surface area contributed by atoms with E-state index in [0.717, 1.165) is 12.1 Å². The van der Waals surface area contributed by atoms with Crippen LogP contribution in [0.15, 0.2) is 36.4 Å². The number of fused-ring (bicyclic) bond motifs is 1. The number of ether oxygens (including phenoxy) is 1. The molecule has 1 atom stereocenters. The van der Waals surface area contributed by atoms with Crippen molar-refractivity contribution in [3.05, 3.63) is 53.3 Å². The minimum atomic E-state index is -4.71. The molecule has 1 fully saturated rings. The summed E-state index contributed by atoms with van der Waals surface area (Å²) in [7, 11) is 0. The van der Waals surface area contributed by atoms with Crippen LogP contribution in [-0.2, 0) is 17.1 Å². The average Bonchev–Trinajstić information content (AvgIpc) is 3.11. The molecule has 3 aromatic rings. The maximum Gasteiger partial charge on any atom is 0.453 e. The van der Waals surface area contributed by atoms with Crippen molar-refractivity contribution in [3.63, 3.8) is 0 Å². The second kappa shape index (κ2) is 6.87. The predicted molar refractivity (Wildman–Crippen MR) is 88.1 cm³/mol. The van der Waals surface area contributed by atoms with Gasteiger partial charge in [0.2, 0.25) is 0 Å². The van der Waals surface area contributed by atoms with E-state index in [1.165, 1.54) is 24.3 Å². The molecule has 6 nitrogen and oxygen atoms in total. The van der Waals surface area contributed by atoms with E-state index >= 15 is 0 Å². The van der Waals surface area contributed by atoms with Gasteiger partial charge in [-0.05, 0) is 29.8 Å². The summed E-state index contributed by atoms with van der Waals surface area (Å²) in [5.41, 5.74) is -0.286. The van der Waals surface area contributed by atoms with E-state index in [4.69, 9.17) is 4.74 Å². The number of nitrogens with zero attached hydrogens (tertiary/aromatic N) is 5. The highest BCUT2D eigenvalue weighted by Gasteiger charge is 2.38. The Balaban J connectivity index is 1.58. The van der Waals surface area contributed by atoms with Crippen molar-refractivity contribution >= 4 is 11.5 Å². The monoisotopic (exact) mass is 417 g/mol. The third-order valence-electron chi connectivity index (χ3n) is 4.50. The van der Waals surface area contributed by atoms with Gasteiger partial charge >= 0.3 is 12.4 Å². The summed E-state index contributed by atoms with van der Waals surface area (Å²) in [4.78, 5) is 1.70. The van der Waals surface area contributed by atoms with Gasteiger partial charge in [0, 0.05) is 13.1 Å². The molecule has 0 radical (unpaired) electrons. The Labute approximate surface area is 159 Å². The summed E-state index contributed by atoms with van der Waals surface area (Å²) in [5, 5.41) is 10.6. The standard InChI is InChI=1S/C17H13F6N5O/c18-16(19,20)11-3-1-10(2-4-11)12-9-27(7-8-29-12)14-6-5-13-24-25-15(17(21,22)23)28(13)26-14/h1-6,12H,7-9H2. The molecule has 1 aliphatic rings. The molecule has 0 bridgehead atoms. The summed E-state index contributed by atoms with van der Waals surface area (Å²) in [5.74, 6) is -0.982. The lowest BCUT2D eigenvalue weighted by atomic mass is 10.1. The van der Waals surface area contributed by atoms with Crippen LogP contribution in [0, 0.1) is 0 Å². The molecule has 0 saturated carbocycles. The van der Waals surface area contributed by atoms with E-state index in [1.807, 2.05) is 0 Å². The number of alkyl halides is 6. The fourth-order valence-corrected chi connectivity index (χ4v) is 3.07. The molecule has 4 rings (SSSR count). The molecule has 12 heteroatoms. The van der Waals surface area contributed by atoms with Gasteiger partial charge < -0.3 is 9.64 Å². The van der Waals surface area contributed by atoms with Gasteiger partial charge in [0.25, 0.3) is 5.82 Å². The van der Waals surface area contributed by atoms with Gasteiger partial charge in [-0.3, -0.25) is 0 Å². The number of morpholine rings is 1. The third kappa shape index (κ3) is 3.84. The zero-order valence-corrected chi connectivity index (χ0v) is 14.6. The van der Waals surface area contributed by atoms with E-state index in [0.29, 0.717) is 16.6 Å². The number of hydrogen-bond donors (Lipinski definition) is 0. The van der Waals surface area contributed by atoms with E-state index in [2.05, 4.69) is 15.3 Å². The highest BCUT2D eigenvalue weighted by atomic mass is 19.4. The lowest BCUT2D eigenvalue weighted by molar-refractivity contribution is -0.146. The Morgan fingerprint density at radius 1 is 0.897 bits per heavy atom. The highest BCUT2D eigenvalue weighted by molar-refractivity contribution is 5.46. The Morgan fingerprint density at radius 3 is 2.28 bits per heavy atom. The molecular weight excluding hydrogens is 404 g/mol. The number of rotatable bonds is 2. The molecule has 29 heavy (non-hydrogen) atoms. The topological polar surface area (TPSA) is 55.6 Å². The maximum absolute atomic E-state index is 13.0. The molecule has 1 saturated heterocycles. The lowest BCUT2D eigenvalue weighted by Crippen LogP contribution is -2.39. The van der Waals surface area contributed by atoms with Crippen molar-refractivity contribution in [2.45, 2.75) is 18.5 Å². The van der Waals surface area contributed by atoms with Gasteiger partial charge in [-0.25, -0.2) is 0 Å². The molecule has 0 amide bonds. The number of anilines is 1. The van der Waals surface area contributed by atoms with Gasteiger partial charge in [-0.15, -0.1) is 15.3 Å². The maximum atomic E-state index is 13.0. The Kier molecular flexibility index (Phi) is 4.60. The summed E-state index contributed by atoms with van der Waals surface area (Å²) in [6.45, 7) is 0.812. The number of halogens is 6. The Morgan fingerprint density at radius 2 is 1.62 bits per heavy atom. The van der Waals surface area contributed by atoms with Gasteiger partial charge in [-0.2, -0.15) is 30.9 Å². The Hall–Kier alpha value is -2.89. The van der Waals surface area contributed by atoms with Crippen LogP contribution in [0.4, 0.5) is 32.2 Å². The van der Waals surface area contributed by atoms with Crippen LogP contribution in [0.25, 0.3) is 5.65 Å². The zero-order chi connectivity index (χ0) is 20.8. The summed E-state index contributed by atoms with van der Waals surface area (Å²) in [6, 6.07) is 7.47. The molecule has 0 N–H and O–H groups in total. The molecule has 154 valence electrons. The van der Waals surface area contributed by atoms with Crippen molar-refractivity contribution < 1.29 is 31.1 Å². The second-order valence-corrected chi connectivity index (χ2v) is 6.41. The van der Waals surface area contributed by atoms with Crippen LogP contribution in [0.5, 0.6) is 0 Å². The van der Waals surface area contributed by atoms with Crippen molar-refractivity contribution in [1.82, 2.24) is 19.8 Å². The van der Waals surface area contributed by atoms with Crippen LogP contribution < -0.4 is 4.90 Å². The second-order valence-electron chi connectivity index (χ2n) is 6.41. The number of hydrogen-bond acceptors (Lipinski definition) is 5. The van der Waals surface area contributed by atoms with Crippen LogP contribution in [0.2, 0.25) is 0 Å². The van der Waals surface area contributed by atoms with Crippen molar-refractivity contribution in [2.75, 3.05) is 24.6 Å². The Bertz CT molecular complexity index is 1010.